The Balaban J connectivity index is 0.648. The number of primary amides is 1. The number of carbonyl (C=O) groups is 6. The number of imidazole rings is 1. The summed E-state index contributed by atoms with van der Waals surface area (Å²) in [6.07, 6.45) is 8.91. The number of imide groups is 1. The van der Waals surface area contributed by atoms with Crippen molar-refractivity contribution >= 4 is 80.4 Å². The molecule has 1 unspecified atom stereocenters. The van der Waals surface area contributed by atoms with E-state index >= 15 is 0 Å². The van der Waals surface area contributed by atoms with Gasteiger partial charge in [0, 0.05) is 93.2 Å². The number of aromatic nitrogens is 7. The van der Waals surface area contributed by atoms with Crippen LogP contribution in [0.4, 0.5) is 36.2 Å². The molecule has 5 aliphatic rings. The molecule has 1 aliphatic carbocycles. The summed E-state index contributed by atoms with van der Waals surface area (Å²) in [6, 6.07) is 19.7. The second-order valence-corrected chi connectivity index (χ2v) is 26.8. The van der Waals surface area contributed by atoms with Gasteiger partial charge < -0.3 is 36.6 Å². The highest BCUT2D eigenvalue weighted by atomic mass is 19.4. The van der Waals surface area contributed by atoms with E-state index in [0.717, 1.165) is 93.0 Å². The number of hydrogen-bond donors (Lipinski definition) is 6. The summed E-state index contributed by atoms with van der Waals surface area (Å²) >= 11 is 0. The maximum Gasteiger partial charge on any atom is 0.433 e. The number of aliphatic hydroxyl groups is 1. The SMILES string of the molecule is Cn1c(=O)n(C2CCC(=O)NC2=O)c2cccc(CCCCN(CCNC(=O)[C@H]3CC[C@H](n4cc5cc(NC(=O)c6cccc(C(F)(F)F)n6)c(C(C)(C)O)cc5n4)CC3)CC(=O)N3CC(N4CCC(c5ccc(Nc6nc(N7CCCCC7)cnc6C(N)=O)cc5)CC4)C3)c21. The summed E-state index contributed by atoms with van der Waals surface area (Å²) in [6.45, 7) is 9.43. The van der Waals surface area contributed by atoms with Crippen LogP contribution in [0.5, 0.6) is 0 Å². The fourth-order valence-electron chi connectivity index (χ4n) is 14.4. The minimum Gasteiger partial charge on any atom is -0.386 e. The largest absolute Gasteiger partial charge is 0.433 e. The van der Waals surface area contributed by atoms with Gasteiger partial charge in [0.05, 0.1) is 40.9 Å². The van der Waals surface area contributed by atoms with Crippen LogP contribution in [0.15, 0.2) is 90.0 Å². The minimum atomic E-state index is -4.75. The molecule has 96 heavy (non-hydrogen) atoms. The number of amides is 6. The Labute approximate surface area is 553 Å². The number of para-hydroxylation sites is 1. The van der Waals surface area contributed by atoms with E-state index in [0.29, 0.717) is 105 Å². The van der Waals surface area contributed by atoms with E-state index in [1.54, 1.807) is 29.9 Å². The number of likely N-dealkylation sites (tertiary alicyclic amines) is 2. The fourth-order valence-corrected chi connectivity index (χ4v) is 14.4. The van der Waals surface area contributed by atoms with Crippen molar-refractivity contribution in [1.29, 1.82) is 0 Å². The summed E-state index contributed by atoms with van der Waals surface area (Å²) in [4.78, 5) is 114. The van der Waals surface area contributed by atoms with Crippen LogP contribution < -0.4 is 37.6 Å². The topological polar surface area (TPSA) is 293 Å². The quantitative estimate of drug-likeness (QED) is 0.0284. The van der Waals surface area contributed by atoms with Crippen molar-refractivity contribution < 1.29 is 47.0 Å². The lowest BCUT2D eigenvalue weighted by Crippen LogP contribution is -2.63. The number of benzene rings is 3. The second-order valence-electron chi connectivity index (χ2n) is 26.8. The Morgan fingerprint density at radius 1 is 0.833 bits per heavy atom. The van der Waals surface area contributed by atoms with E-state index in [1.807, 2.05) is 46.1 Å². The zero-order valence-electron chi connectivity index (χ0n) is 54.4. The van der Waals surface area contributed by atoms with Gasteiger partial charge in [-0.2, -0.15) is 18.3 Å². The lowest BCUT2D eigenvalue weighted by Gasteiger charge is -2.48. The lowest BCUT2D eigenvalue weighted by molar-refractivity contribution is -0.141. The number of anilines is 4. The Morgan fingerprint density at radius 3 is 2.28 bits per heavy atom. The molecule has 7 N–H and O–H groups in total. The molecule has 12 rings (SSSR count). The van der Waals surface area contributed by atoms with Gasteiger partial charge in [0.1, 0.15) is 23.2 Å². The first-order valence-corrected chi connectivity index (χ1v) is 33.5. The van der Waals surface area contributed by atoms with Gasteiger partial charge in [0.15, 0.2) is 11.5 Å². The van der Waals surface area contributed by atoms with Crippen LogP contribution in [-0.2, 0) is 44.4 Å². The molecular formula is C69H83F3N16O8. The molecule has 0 radical (unpaired) electrons. The molecule has 4 aliphatic heterocycles. The van der Waals surface area contributed by atoms with E-state index in [2.05, 4.69) is 58.1 Å². The van der Waals surface area contributed by atoms with Gasteiger partial charge in [-0.3, -0.25) is 57.7 Å². The van der Waals surface area contributed by atoms with E-state index in [1.165, 1.54) is 36.5 Å². The van der Waals surface area contributed by atoms with Gasteiger partial charge in [0.25, 0.3) is 11.8 Å². The van der Waals surface area contributed by atoms with Crippen LogP contribution in [0.1, 0.15) is 159 Å². The number of alkyl halides is 3. The average Bonchev–Trinajstić information content (AvgIpc) is 1.59. The van der Waals surface area contributed by atoms with Crippen molar-refractivity contribution in [3.63, 3.8) is 0 Å². The molecule has 4 saturated heterocycles. The number of rotatable bonds is 22. The van der Waals surface area contributed by atoms with Crippen molar-refractivity contribution in [2.45, 2.75) is 140 Å². The number of aryl methyl sites for hydroxylation is 2. The van der Waals surface area contributed by atoms with E-state index < -0.39 is 46.9 Å². The highest BCUT2D eigenvalue weighted by Gasteiger charge is 2.39. The number of hydrogen-bond acceptors (Lipinski definition) is 16. The smallest absolute Gasteiger partial charge is 0.386 e. The maximum atomic E-state index is 14.2. The van der Waals surface area contributed by atoms with Crippen molar-refractivity contribution in [1.82, 2.24) is 59.2 Å². The van der Waals surface area contributed by atoms with Crippen LogP contribution in [-0.4, -0.2) is 161 Å². The summed E-state index contributed by atoms with van der Waals surface area (Å²) in [5.74, 6) is -1.24. The number of nitrogens with one attached hydrogen (secondary N) is 4. The molecule has 0 spiro atoms. The van der Waals surface area contributed by atoms with Crippen molar-refractivity contribution in [2.75, 3.05) is 81.0 Å². The molecule has 508 valence electrons. The zero-order valence-corrected chi connectivity index (χ0v) is 54.4. The van der Waals surface area contributed by atoms with Crippen molar-refractivity contribution in [2.24, 2.45) is 18.7 Å². The third-order valence-electron chi connectivity index (χ3n) is 19.8. The first-order valence-electron chi connectivity index (χ1n) is 33.5. The van der Waals surface area contributed by atoms with E-state index in [9.17, 15) is 51.8 Å². The predicted molar refractivity (Wildman–Crippen MR) is 354 cm³/mol. The predicted octanol–water partition coefficient (Wildman–Crippen LogP) is 7.45. The summed E-state index contributed by atoms with van der Waals surface area (Å²) in [5, 5.41) is 28.1. The van der Waals surface area contributed by atoms with Gasteiger partial charge in [-0.25, -0.2) is 19.7 Å². The van der Waals surface area contributed by atoms with Crippen LogP contribution in [0.25, 0.3) is 21.9 Å². The normalized spacial score (nSPS) is 19.4. The number of fused-ring (bicyclic) bond motifs is 2. The van der Waals surface area contributed by atoms with Crippen LogP contribution in [0, 0.1) is 5.92 Å². The molecule has 4 aromatic heterocycles. The first-order chi connectivity index (χ1) is 46.0. The molecule has 7 aromatic rings. The molecule has 6 amide bonds. The summed E-state index contributed by atoms with van der Waals surface area (Å²) in [5.41, 5.74) is 7.73. The summed E-state index contributed by atoms with van der Waals surface area (Å²) < 4.78 is 45.2. The number of nitrogens with two attached hydrogens (primary N) is 1. The molecule has 1 atom stereocenters. The number of unbranched alkanes of at least 4 members (excludes halogenated alkanes) is 1. The number of pyridine rings is 1. The monoisotopic (exact) mass is 1320 g/mol. The van der Waals surface area contributed by atoms with E-state index in [-0.39, 0.29) is 72.2 Å². The second kappa shape index (κ2) is 28.3. The van der Waals surface area contributed by atoms with Gasteiger partial charge in [-0.15, -0.1) is 0 Å². The Bertz CT molecular complexity index is 4120. The molecule has 24 nitrogen and oxygen atoms in total. The Morgan fingerprint density at radius 2 is 1.57 bits per heavy atom. The van der Waals surface area contributed by atoms with Gasteiger partial charge in [-0.1, -0.05) is 30.3 Å². The van der Waals surface area contributed by atoms with Crippen LogP contribution in [0.3, 0.4) is 0 Å². The van der Waals surface area contributed by atoms with Gasteiger partial charge >= 0.3 is 11.9 Å². The highest BCUT2D eigenvalue weighted by Crippen LogP contribution is 2.38. The van der Waals surface area contributed by atoms with Crippen molar-refractivity contribution in [3.8, 4) is 0 Å². The van der Waals surface area contributed by atoms with Gasteiger partial charge in [-0.05, 0) is 176 Å². The molecule has 5 fully saturated rings. The zero-order chi connectivity index (χ0) is 67.6. The fraction of sp³-hybridized carbons (Fsp3) is 0.493. The number of carbonyl (C=O) groups excluding carboxylic acids is 6. The number of halogens is 3. The highest BCUT2D eigenvalue weighted by molar-refractivity contribution is 6.05. The standard InChI is InChI=1S/C69H83F3N16O8/c1-68(2,96)50-36-52-46(35-53(50)78-65(93)51-13-10-15-56(77-51)69(70,71)72)38-87(81-52)48-22-18-45(19-23-48)64(92)74-28-34-83(29-8-5-11-44-12-9-14-54-61(44)82(3)67(95)88(54)55-24-25-58(89)80-66(55)94)41-59(90)86-39-49(40-86)84-32-26-43(27-33-84)42-16-20-47(21-17-42)76-63-60(62(73)91)75-37-57(79-63)85-30-6-4-7-31-85/h9-10,12-17,20-21,35-38,43,45,48-49,55,96H,4-8,11,18-19,22-34,39-41H2,1-3H3,(H2,73,91)(H,74,92)(H,76,79)(H,78,93)(H,80,89,94)/t45-,48-,55?. The average molecular weight is 1320 g/mol. The van der Waals surface area contributed by atoms with Crippen LogP contribution >= 0.6 is 0 Å². The third kappa shape index (κ3) is 15.0. The van der Waals surface area contributed by atoms with E-state index in [4.69, 9.17) is 15.8 Å². The minimum absolute atomic E-state index is 0.0252. The first kappa shape index (κ1) is 66.9. The molecule has 8 heterocycles. The van der Waals surface area contributed by atoms with Crippen molar-refractivity contribution in [3.05, 3.63) is 129 Å². The Hall–Kier alpha value is -9.08. The molecule has 27 heteroatoms. The van der Waals surface area contributed by atoms with Gasteiger partial charge in [0.2, 0.25) is 23.6 Å². The molecule has 1 saturated carbocycles. The lowest BCUT2D eigenvalue weighted by atomic mass is 9.85. The molecule has 3 aromatic carbocycles. The third-order valence-corrected chi connectivity index (χ3v) is 19.8. The summed E-state index contributed by atoms with van der Waals surface area (Å²) in [7, 11) is 1.69. The number of piperidine rings is 3. The number of nitrogens with zero attached hydrogens (tertiary/aromatic N) is 11. The molecular weight excluding hydrogens is 1240 g/mol. The van der Waals surface area contributed by atoms with Crippen LogP contribution in [0.2, 0.25) is 0 Å². The maximum absolute atomic E-state index is 14.2. The Kier molecular flexibility index (Phi) is 19.7. The molecule has 0 bridgehead atoms.